The van der Waals surface area contributed by atoms with Crippen molar-refractivity contribution in [1.82, 2.24) is 9.97 Å². The van der Waals surface area contributed by atoms with Gasteiger partial charge in [-0.2, -0.15) is 0 Å². The first kappa shape index (κ1) is 14.3. The molecule has 1 heterocycles. The molecule has 5 heteroatoms. The highest BCUT2D eigenvalue weighted by Crippen LogP contribution is 2.62. The Hall–Kier alpha value is -1.65. The van der Waals surface area contributed by atoms with Crippen LogP contribution < -0.4 is 5.32 Å². The molecule has 2 bridgehead atoms. The zero-order valence-corrected chi connectivity index (χ0v) is 13.1. The van der Waals surface area contributed by atoms with Crippen LogP contribution in [0, 0.1) is 23.7 Å². The summed E-state index contributed by atoms with van der Waals surface area (Å²) in [6, 6.07) is 1.79. The van der Waals surface area contributed by atoms with Crippen molar-refractivity contribution in [3.8, 4) is 0 Å². The lowest BCUT2D eigenvalue weighted by atomic mass is 9.68. The topological polar surface area (TPSA) is 75.1 Å². The second kappa shape index (κ2) is 4.42. The van der Waals surface area contributed by atoms with Gasteiger partial charge in [0.15, 0.2) is 5.69 Å². The van der Waals surface area contributed by atoms with Gasteiger partial charge in [0.05, 0.1) is 0 Å². The second-order valence-corrected chi connectivity index (χ2v) is 7.52. The Bertz CT molecular complexity index is 594. The van der Waals surface area contributed by atoms with Gasteiger partial charge in [0, 0.05) is 11.7 Å². The van der Waals surface area contributed by atoms with Crippen LogP contribution >= 0.6 is 0 Å². The number of hydrogen-bond donors (Lipinski definition) is 2. The van der Waals surface area contributed by atoms with Crippen LogP contribution in [0.5, 0.6) is 0 Å². The van der Waals surface area contributed by atoms with E-state index < -0.39 is 5.97 Å². The van der Waals surface area contributed by atoms with Gasteiger partial charge in [-0.3, -0.25) is 0 Å². The van der Waals surface area contributed by atoms with Crippen molar-refractivity contribution in [3.05, 3.63) is 17.5 Å². The summed E-state index contributed by atoms with van der Waals surface area (Å²) in [6.45, 7) is 8.72. The van der Waals surface area contributed by atoms with Crippen molar-refractivity contribution >= 4 is 11.9 Å². The maximum absolute atomic E-state index is 11.1. The largest absolute Gasteiger partial charge is 0.477 e. The van der Waals surface area contributed by atoms with Crippen molar-refractivity contribution in [3.63, 3.8) is 0 Å². The molecule has 2 saturated carbocycles. The molecule has 21 heavy (non-hydrogen) atoms. The normalized spacial score (nSPS) is 33.1. The van der Waals surface area contributed by atoms with E-state index in [0.29, 0.717) is 11.6 Å². The minimum absolute atomic E-state index is 0.0520. The predicted molar refractivity (Wildman–Crippen MR) is 80.4 cm³/mol. The molecule has 2 fully saturated rings. The van der Waals surface area contributed by atoms with E-state index in [4.69, 9.17) is 5.11 Å². The minimum atomic E-state index is -1.01. The fraction of sp³-hybridized carbons (Fsp3) is 0.688. The third-order valence-electron chi connectivity index (χ3n) is 5.62. The van der Waals surface area contributed by atoms with Gasteiger partial charge in [-0.15, -0.1) is 0 Å². The number of aryl methyl sites for hydroxylation is 1. The van der Waals surface area contributed by atoms with Crippen molar-refractivity contribution in [2.45, 2.75) is 53.0 Å². The molecular formula is C16H23N3O2. The summed E-state index contributed by atoms with van der Waals surface area (Å²) in [6.07, 6.45) is 3.74. The molecular weight excluding hydrogens is 266 g/mol. The van der Waals surface area contributed by atoms with Gasteiger partial charge in [-0.1, -0.05) is 20.8 Å². The number of nitrogens with zero attached hydrogens (tertiary/aromatic N) is 2. The highest BCUT2D eigenvalue weighted by molar-refractivity contribution is 5.85. The molecule has 1 aromatic rings. The quantitative estimate of drug-likeness (QED) is 0.894. The summed E-state index contributed by atoms with van der Waals surface area (Å²) in [5, 5.41) is 12.6. The average molecular weight is 289 g/mol. The van der Waals surface area contributed by atoms with Crippen LogP contribution in [0.2, 0.25) is 0 Å². The van der Waals surface area contributed by atoms with Crippen LogP contribution in [-0.2, 0) is 0 Å². The molecule has 3 atom stereocenters. The lowest BCUT2D eigenvalue weighted by Gasteiger charge is -2.43. The number of anilines is 1. The second-order valence-electron chi connectivity index (χ2n) is 7.52. The molecule has 2 aliphatic carbocycles. The molecule has 0 amide bonds. The lowest BCUT2D eigenvalue weighted by molar-refractivity contribution is 0.0690. The highest BCUT2D eigenvalue weighted by Gasteiger charge is 2.59. The monoisotopic (exact) mass is 289 g/mol. The van der Waals surface area contributed by atoms with E-state index in [1.165, 1.54) is 25.3 Å². The SMILES string of the molecule is Cc1cc(C(=O)O)nc(NC2C3(C)CCC(C3)C2(C)C)n1. The lowest BCUT2D eigenvalue weighted by Crippen LogP contribution is -2.46. The van der Waals surface area contributed by atoms with E-state index in [0.717, 1.165) is 5.92 Å². The maximum Gasteiger partial charge on any atom is 0.354 e. The number of nitrogens with one attached hydrogen (secondary N) is 1. The number of hydrogen-bond acceptors (Lipinski definition) is 4. The smallest absolute Gasteiger partial charge is 0.354 e. The van der Waals surface area contributed by atoms with Gasteiger partial charge < -0.3 is 10.4 Å². The van der Waals surface area contributed by atoms with Gasteiger partial charge in [0.2, 0.25) is 5.95 Å². The minimum Gasteiger partial charge on any atom is -0.477 e. The molecule has 5 nitrogen and oxygen atoms in total. The van der Waals surface area contributed by atoms with Gasteiger partial charge in [0.1, 0.15) is 0 Å². The molecule has 0 aliphatic heterocycles. The molecule has 2 N–H and O–H groups in total. The van der Waals surface area contributed by atoms with E-state index in [-0.39, 0.29) is 22.6 Å². The van der Waals surface area contributed by atoms with E-state index in [2.05, 4.69) is 36.1 Å². The first-order chi connectivity index (χ1) is 9.72. The average Bonchev–Trinajstić information content (AvgIpc) is 2.85. The number of carboxylic acids is 1. The Morgan fingerprint density at radius 2 is 2.10 bits per heavy atom. The summed E-state index contributed by atoms with van der Waals surface area (Å²) < 4.78 is 0. The summed E-state index contributed by atoms with van der Waals surface area (Å²) >= 11 is 0. The van der Waals surface area contributed by atoms with Crippen LogP contribution in [0.15, 0.2) is 6.07 Å². The maximum atomic E-state index is 11.1. The molecule has 0 radical (unpaired) electrons. The third-order valence-corrected chi connectivity index (χ3v) is 5.62. The molecule has 0 saturated heterocycles. The first-order valence-corrected chi connectivity index (χ1v) is 7.58. The fourth-order valence-electron chi connectivity index (χ4n) is 4.53. The Kier molecular flexibility index (Phi) is 3.01. The van der Waals surface area contributed by atoms with Crippen molar-refractivity contribution in [2.75, 3.05) is 5.32 Å². The molecule has 3 rings (SSSR count). The first-order valence-electron chi connectivity index (χ1n) is 7.58. The molecule has 1 aromatic heterocycles. The zero-order chi connectivity index (χ0) is 15.4. The number of fused-ring (bicyclic) bond motifs is 2. The standard InChI is InChI=1S/C16H23N3O2/c1-9-7-11(12(20)21)18-14(17-9)19-13-15(2,3)10-5-6-16(13,4)8-10/h7,10,13H,5-6,8H2,1-4H3,(H,20,21)(H,17,18,19). The Balaban J connectivity index is 1.92. The van der Waals surface area contributed by atoms with Gasteiger partial charge in [-0.25, -0.2) is 14.8 Å². The van der Waals surface area contributed by atoms with E-state index in [1.54, 1.807) is 6.92 Å². The van der Waals surface area contributed by atoms with E-state index in [1.807, 2.05) is 0 Å². The van der Waals surface area contributed by atoms with Gasteiger partial charge >= 0.3 is 5.97 Å². The third kappa shape index (κ3) is 2.19. The van der Waals surface area contributed by atoms with Gasteiger partial charge in [-0.05, 0) is 49.0 Å². The van der Waals surface area contributed by atoms with Crippen LogP contribution in [0.1, 0.15) is 56.2 Å². The summed E-state index contributed by atoms with van der Waals surface area (Å²) in [5.41, 5.74) is 1.17. The summed E-state index contributed by atoms with van der Waals surface area (Å²) in [7, 11) is 0. The van der Waals surface area contributed by atoms with Crippen molar-refractivity contribution in [1.29, 1.82) is 0 Å². The molecule has 0 aromatic carbocycles. The Labute approximate surface area is 125 Å². The predicted octanol–water partition coefficient (Wildman–Crippen LogP) is 3.11. The zero-order valence-electron chi connectivity index (χ0n) is 13.1. The number of aromatic carboxylic acids is 1. The number of aromatic nitrogens is 2. The summed E-state index contributed by atoms with van der Waals surface area (Å²) in [5.74, 6) is 0.157. The van der Waals surface area contributed by atoms with Gasteiger partial charge in [0.25, 0.3) is 0 Å². The number of carboxylic acid groups (broad SMARTS) is 1. The Morgan fingerprint density at radius 1 is 1.38 bits per heavy atom. The highest BCUT2D eigenvalue weighted by atomic mass is 16.4. The van der Waals surface area contributed by atoms with Crippen molar-refractivity contribution in [2.24, 2.45) is 16.7 Å². The van der Waals surface area contributed by atoms with Crippen molar-refractivity contribution < 1.29 is 9.90 Å². The summed E-state index contributed by atoms with van der Waals surface area (Å²) in [4.78, 5) is 19.7. The van der Waals surface area contributed by atoms with E-state index in [9.17, 15) is 4.79 Å². The molecule has 3 unspecified atom stereocenters. The number of rotatable bonds is 3. The molecule has 2 aliphatic rings. The Morgan fingerprint density at radius 3 is 2.67 bits per heavy atom. The number of carbonyl (C=O) groups is 1. The van der Waals surface area contributed by atoms with Crippen LogP contribution in [-0.4, -0.2) is 27.1 Å². The van der Waals surface area contributed by atoms with Crippen LogP contribution in [0.25, 0.3) is 0 Å². The molecule has 114 valence electrons. The van der Waals surface area contributed by atoms with E-state index >= 15 is 0 Å². The fourth-order valence-corrected chi connectivity index (χ4v) is 4.53. The molecule has 0 spiro atoms. The van der Waals surface area contributed by atoms with Crippen LogP contribution in [0.4, 0.5) is 5.95 Å². The van der Waals surface area contributed by atoms with Crippen LogP contribution in [0.3, 0.4) is 0 Å².